The van der Waals surface area contributed by atoms with E-state index in [1.54, 1.807) is 7.05 Å². The minimum atomic E-state index is 0.145. The molecule has 0 spiro atoms. The Morgan fingerprint density at radius 1 is 1.36 bits per heavy atom. The van der Waals surface area contributed by atoms with Gasteiger partial charge in [-0.25, -0.2) is 0 Å². The monoisotopic (exact) mass is 235 g/mol. The smallest absolute Gasteiger partial charge is 0.219 e. The zero-order valence-corrected chi connectivity index (χ0v) is 11.1. The first kappa shape index (κ1) is 14.2. The van der Waals surface area contributed by atoms with Gasteiger partial charge in [-0.3, -0.25) is 4.79 Å². The Hall–Kier alpha value is 0.170. The molecule has 14 heavy (non-hydrogen) atoms. The Morgan fingerprint density at radius 2 is 2.00 bits per heavy atom. The van der Waals surface area contributed by atoms with Crippen LogP contribution in [-0.4, -0.2) is 24.0 Å². The fourth-order valence-corrected chi connectivity index (χ4v) is 3.63. The molecule has 0 fully saturated rings. The molecule has 0 rings (SSSR count). The third-order valence-electron chi connectivity index (χ3n) is 1.69. The molecule has 84 valence electrons. The summed E-state index contributed by atoms with van der Waals surface area (Å²) < 4.78 is 0. The van der Waals surface area contributed by atoms with Crippen LogP contribution in [0.2, 0.25) is 0 Å². The van der Waals surface area contributed by atoms with Gasteiger partial charge < -0.3 is 5.32 Å². The van der Waals surface area contributed by atoms with E-state index in [9.17, 15) is 4.79 Å². The molecule has 4 heteroatoms. The van der Waals surface area contributed by atoms with Crippen LogP contribution in [0.4, 0.5) is 0 Å². The van der Waals surface area contributed by atoms with Crippen LogP contribution in [0.5, 0.6) is 0 Å². The van der Waals surface area contributed by atoms with E-state index in [-0.39, 0.29) is 5.91 Å². The van der Waals surface area contributed by atoms with E-state index in [1.165, 1.54) is 5.75 Å². The fraction of sp³-hybridized carbons (Fsp3) is 0.900. The molecule has 0 aromatic heterocycles. The van der Waals surface area contributed by atoms with Crippen molar-refractivity contribution in [3.05, 3.63) is 0 Å². The van der Waals surface area contributed by atoms with Crippen molar-refractivity contribution in [2.24, 2.45) is 5.92 Å². The maximum atomic E-state index is 11.0. The van der Waals surface area contributed by atoms with E-state index in [1.807, 2.05) is 21.6 Å². The zero-order valence-electron chi connectivity index (χ0n) is 9.50. The molecule has 1 unspecified atom stereocenters. The average molecular weight is 235 g/mol. The summed E-state index contributed by atoms with van der Waals surface area (Å²) in [5, 5.41) is 3.21. The maximum absolute atomic E-state index is 11.0. The molecule has 0 aliphatic rings. The largest absolute Gasteiger partial charge is 0.359 e. The van der Waals surface area contributed by atoms with Crippen LogP contribution in [0.15, 0.2) is 0 Å². The number of carbonyl (C=O) groups is 1. The van der Waals surface area contributed by atoms with Crippen LogP contribution < -0.4 is 5.32 Å². The van der Waals surface area contributed by atoms with E-state index >= 15 is 0 Å². The van der Waals surface area contributed by atoms with Crippen molar-refractivity contribution in [2.75, 3.05) is 12.8 Å². The van der Waals surface area contributed by atoms with Gasteiger partial charge in [0.05, 0.1) is 0 Å². The van der Waals surface area contributed by atoms with Crippen molar-refractivity contribution in [3.63, 3.8) is 0 Å². The molecule has 0 saturated carbocycles. The second-order valence-corrected chi connectivity index (χ2v) is 6.65. The maximum Gasteiger partial charge on any atom is 0.219 e. The molecule has 1 atom stereocenters. The first-order valence-corrected chi connectivity index (χ1v) is 7.43. The molecule has 0 aromatic rings. The van der Waals surface area contributed by atoms with Crippen molar-refractivity contribution in [1.29, 1.82) is 0 Å². The van der Waals surface area contributed by atoms with Crippen LogP contribution in [0.25, 0.3) is 0 Å². The molecule has 0 heterocycles. The quantitative estimate of drug-likeness (QED) is 0.688. The standard InChI is InChI=1S/C10H21NOS2/c1-8(2)7-13-14-9(3)5-6-10(12)11-4/h8-9H,5-7H2,1-4H3,(H,11,12). The predicted octanol–water partition coefficient (Wildman–Crippen LogP) is 2.94. The van der Waals surface area contributed by atoms with Crippen molar-refractivity contribution >= 4 is 27.5 Å². The normalized spacial score (nSPS) is 12.9. The van der Waals surface area contributed by atoms with Gasteiger partial charge in [0.2, 0.25) is 5.91 Å². The third-order valence-corrected chi connectivity index (χ3v) is 5.00. The lowest BCUT2D eigenvalue weighted by atomic mass is 10.2. The van der Waals surface area contributed by atoms with E-state index < -0.39 is 0 Å². The Labute approximate surface area is 95.4 Å². The first-order chi connectivity index (χ1) is 6.56. The van der Waals surface area contributed by atoms with Crippen LogP contribution in [0.1, 0.15) is 33.6 Å². The van der Waals surface area contributed by atoms with E-state index in [0.29, 0.717) is 11.7 Å². The van der Waals surface area contributed by atoms with Gasteiger partial charge in [0.1, 0.15) is 0 Å². The molecular formula is C10H21NOS2. The highest BCUT2D eigenvalue weighted by atomic mass is 33.1. The minimum Gasteiger partial charge on any atom is -0.359 e. The van der Waals surface area contributed by atoms with Gasteiger partial charge in [0.25, 0.3) is 0 Å². The summed E-state index contributed by atoms with van der Waals surface area (Å²) in [5.41, 5.74) is 0. The Balaban J connectivity index is 3.36. The van der Waals surface area contributed by atoms with Gasteiger partial charge in [-0.15, -0.1) is 0 Å². The van der Waals surface area contributed by atoms with Crippen LogP contribution >= 0.6 is 21.6 Å². The zero-order chi connectivity index (χ0) is 11.0. The summed E-state index contributed by atoms with van der Waals surface area (Å²) in [6, 6.07) is 0. The van der Waals surface area contributed by atoms with Gasteiger partial charge in [-0.2, -0.15) is 0 Å². The van der Waals surface area contributed by atoms with E-state index in [2.05, 4.69) is 26.1 Å². The summed E-state index contributed by atoms with van der Waals surface area (Å²) in [6.07, 6.45) is 1.61. The molecule has 0 bridgehead atoms. The molecule has 1 amide bonds. The lowest BCUT2D eigenvalue weighted by Gasteiger charge is -2.10. The molecule has 0 aromatic carbocycles. The SMILES string of the molecule is CNC(=O)CCC(C)SSCC(C)C. The van der Waals surface area contributed by atoms with E-state index in [0.717, 1.165) is 12.3 Å². The topological polar surface area (TPSA) is 29.1 Å². The van der Waals surface area contributed by atoms with E-state index in [4.69, 9.17) is 0 Å². The highest BCUT2D eigenvalue weighted by Gasteiger charge is 2.06. The Morgan fingerprint density at radius 3 is 2.50 bits per heavy atom. The second-order valence-electron chi connectivity index (χ2n) is 3.80. The second kappa shape index (κ2) is 8.48. The van der Waals surface area contributed by atoms with Crippen molar-refractivity contribution in [3.8, 4) is 0 Å². The molecule has 2 nitrogen and oxygen atoms in total. The summed E-state index contributed by atoms with van der Waals surface area (Å²) in [7, 11) is 5.50. The highest BCUT2D eigenvalue weighted by Crippen LogP contribution is 2.30. The lowest BCUT2D eigenvalue weighted by molar-refractivity contribution is -0.120. The number of hydrogen-bond donors (Lipinski definition) is 1. The number of nitrogens with one attached hydrogen (secondary N) is 1. The summed E-state index contributed by atoms with van der Waals surface area (Å²) in [6.45, 7) is 6.63. The summed E-state index contributed by atoms with van der Waals surface area (Å²) in [4.78, 5) is 11.0. The number of hydrogen-bond acceptors (Lipinski definition) is 3. The van der Waals surface area contributed by atoms with Crippen LogP contribution in [0, 0.1) is 5.92 Å². The molecule has 0 saturated heterocycles. The number of carbonyl (C=O) groups excluding carboxylic acids is 1. The first-order valence-electron chi connectivity index (χ1n) is 5.05. The summed E-state index contributed by atoms with van der Waals surface area (Å²) >= 11 is 0. The van der Waals surface area contributed by atoms with Crippen LogP contribution in [-0.2, 0) is 4.79 Å². The lowest BCUT2D eigenvalue weighted by Crippen LogP contribution is -2.18. The van der Waals surface area contributed by atoms with Crippen molar-refractivity contribution in [2.45, 2.75) is 38.9 Å². The van der Waals surface area contributed by atoms with Crippen molar-refractivity contribution in [1.82, 2.24) is 5.32 Å². The van der Waals surface area contributed by atoms with Crippen LogP contribution in [0.3, 0.4) is 0 Å². The Bertz CT molecular complexity index is 162. The summed E-state index contributed by atoms with van der Waals surface area (Å²) in [5.74, 6) is 2.08. The predicted molar refractivity (Wildman–Crippen MR) is 67.6 cm³/mol. The van der Waals surface area contributed by atoms with Gasteiger partial charge >= 0.3 is 0 Å². The fourth-order valence-electron chi connectivity index (χ4n) is 0.799. The number of rotatable bonds is 7. The molecule has 0 radical (unpaired) electrons. The minimum absolute atomic E-state index is 0.145. The average Bonchev–Trinajstić information content (AvgIpc) is 2.13. The van der Waals surface area contributed by atoms with Gasteiger partial charge in [-0.1, -0.05) is 42.4 Å². The number of amides is 1. The molecular weight excluding hydrogens is 214 g/mol. The van der Waals surface area contributed by atoms with Gasteiger partial charge in [-0.05, 0) is 12.3 Å². The van der Waals surface area contributed by atoms with Gasteiger partial charge in [0.15, 0.2) is 0 Å². The molecule has 0 aliphatic heterocycles. The van der Waals surface area contributed by atoms with Gasteiger partial charge in [0, 0.05) is 24.5 Å². The van der Waals surface area contributed by atoms with Crippen molar-refractivity contribution < 1.29 is 4.79 Å². The highest BCUT2D eigenvalue weighted by molar-refractivity contribution is 8.76. The molecule has 0 aliphatic carbocycles. The Kier molecular flexibility index (Phi) is 8.58. The molecule has 1 N–H and O–H groups in total. The third kappa shape index (κ3) is 8.75.